The molecule has 0 spiro atoms. The van der Waals surface area contributed by atoms with Crippen molar-refractivity contribution >= 4 is 44.2 Å². The lowest BCUT2D eigenvalue weighted by Gasteiger charge is -2.36. The van der Waals surface area contributed by atoms with E-state index in [-0.39, 0.29) is 37.2 Å². The highest BCUT2D eigenvalue weighted by Gasteiger charge is 2.45. The van der Waals surface area contributed by atoms with Crippen molar-refractivity contribution in [1.82, 2.24) is 14.5 Å². The maximum atomic E-state index is 13.1. The summed E-state index contributed by atoms with van der Waals surface area (Å²) in [5.41, 5.74) is 0. The summed E-state index contributed by atoms with van der Waals surface area (Å²) in [7, 11) is -4.04. The molecular formula is C23H25ClF3N3O4S. The molecule has 3 unspecified atom stereocenters. The van der Waals surface area contributed by atoms with Crippen molar-refractivity contribution < 1.29 is 31.2 Å². The van der Waals surface area contributed by atoms with E-state index < -0.39 is 52.6 Å². The standard InChI is InChI=1S/C23H25ClF3N3O4S/c1-14(21(31)29-9-2-3-17(13-29)23(25,26)27)30-10-8-20(22(30)32)28-35(33,34)19-7-5-15-11-18(24)6-4-16(15)12-19/h4-7,11-12,14,17,20,28H,2-3,8-10,13H2,1H3. The third-order valence-corrected chi connectivity index (χ3v) is 8.35. The van der Waals surface area contributed by atoms with Crippen LogP contribution in [0.2, 0.25) is 5.02 Å². The van der Waals surface area contributed by atoms with Crippen molar-refractivity contribution in [2.24, 2.45) is 5.92 Å². The quantitative estimate of drug-likeness (QED) is 0.639. The first-order valence-corrected chi connectivity index (χ1v) is 13.1. The highest BCUT2D eigenvalue weighted by atomic mass is 35.5. The number of sulfonamides is 1. The lowest BCUT2D eigenvalue weighted by atomic mass is 9.97. The molecule has 7 nitrogen and oxygen atoms in total. The predicted octanol–water partition coefficient (Wildman–Crippen LogP) is 3.56. The van der Waals surface area contributed by atoms with Gasteiger partial charge in [0.15, 0.2) is 0 Å². The Balaban J connectivity index is 1.43. The van der Waals surface area contributed by atoms with Crippen LogP contribution in [-0.2, 0) is 19.6 Å². The fraction of sp³-hybridized carbons (Fsp3) is 0.478. The van der Waals surface area contributed by atoms with Crippen molar-refractivity contribution in [3.8, 4) is 0 Å². The molecule has 0 aliphatic carbocycles. The Morgan fingerprint density at radius 3 is 2.51 bits per heavy atom. The second-order valence-corrected chi connectivity index (χ2v) is 11.1. The number of hydrogen-bond donors (Lipinski definition) is 1. The topological polar surface area (TPSA) is 86.8 Å². The number of likely N-dealkylation sites (tertiary alicyclic amines) is 2. The van der Waals surface area contributed by atoms with Crippen molar-refractivity contribution in [3.05, 3.63) is 41.4 Å². The van der Waals surface area contributed by atoms with Gasteiger partial charge < -0.3 is 9.80 Å². The molecule has 0 radical (unpaired) electrons. The predicted molar refractivity (Wildman–Crippen MR) is 124 cm³/mol. The highest BCUT2D eigenvalue weighted by molar-refractivity contribution is 7.89. The minimum absolute atomic E-state index is 0.0193. The van der Waals surface area contributed by atoms with Crippen LogP contribution in [0.5, 0.6) is 0 Å². The SMILES string of the molecule is CC(C(=O)N1CCCC(C(F)(F)F)C1)N1CCC(NS(=O)(=O)c2ccc3cc(Cl)ccc3c2)C1=O. The lowest BCUT2D eigenvalue weighted by molar-refractivity contribution is -0.189. The molecule has 0 aromatic heterocycles. The summed E-state index contributed by atoms with van der Waals surface area (Å²) in [5.74, 6) is -2.73. The first-order valence-electron chi connectivity index (χ1n) is 11.2. The van der Waals surface area contributed by atoms with Gasteiger partial charge in [-0.3, -0.25) is 9.59 Å². The first-order chi connectivity index (χ1) is 16.4. The summed E-state index contributed by atoms with van der Waals surface area (Å²) >= 11 is 5.97. The van der Waals surface area contributed by atoms with Crippen molar-refractivity contribution in [2.75, 3.05) is 19.6 Å². The van der Waals surface area contributed by atoms with Crippen LogP contribution in [0.4, 0.5) is 13.2 Å². The number of hydrogen-bond acceptors (Lipinski definition) is 4. The smallest absolute Gasteiger partial charge is 0.340 e. The molecule has 2 saturated heterocycles. The van der Waals surface area contributed by atoms with Gasteiger partial charge in [0, 0.05) is 24.7 Å². The maximum Gasteiger partial charge on any atom is 0.393 e. The van der Waals surface area contributed by atoms with Crippen LogP contribution in [0.25, 0.3) is 10.8 Å². The molecule has 0 bridgehead atoms. The van der Waals surface area contributed by atoms with Gasteiger partial charge in [-0.15, -0.1) is 0 Å². The molecule has 2 amide bonds. The fourth-order valence-electron chi connectivity index (χ4n) is 4.66. The number of piperidine rings is 1. The summed E-state index contributed by atoms with van der Waals surface area (Å²) in [6.45, 7) is 1.34. The van der Waals surface area contributed by atoms with E-state index in [9.17, 15) is 31.2 Å². The number of nitrogens with zero attached hydrogens (tertiary/aromatic N) is 2. The summed E-state index contributed by atoms with van der Waals surface area (Å²) in [6.07, 6.45) is -4.04. The van der Waals surface area contributed by atoms with Crippen LogP contribution >= 0.6 is 11.6 Å². The van der Waals surface area contributed by atoms with E-state index in [1.54, 1.807) is 24.3 Å². The van der Waals surface area contributed by atoms with Crippen molar-refractivity contribution in [2.45, 2.75) is 49.3 Å². The second kappa shape index (κ2) is 9.59. The first kappa shape index (κ1) is 25.7. The van der Waals surface area contributed by atoms with E-state index in [0.717, 1.165) is 10.3 Å². The molecule has 3 atom stereocenters. The number of carbonyl (C=O) groups excluding carboxylic acids is 2. The molecule has 4 rings (SSSR count). The average molecular weight is 532 g/mol. The van der Waals surface area contributed by atoms with Gasteiger partial charge in [0.2, 0.25) is 21.8 Å². The van der Waals surface area contributed by atoms with Gasteiger partial charge in [-0.2, -0.15) is 17.9 Å². The lowest BCUT2D eigenvalue weighted by Crippen LogP contribution is -2.53. The van der Waals surface area contributed by atoms with Gasteiger partial charge in [0.1, 0.15) is 12.1 Å². The molecule has 1 N–H and O–H groups in total. The fourth-order valence-corrected chi connectivity index (χ4v) is 6.09. The van der Waals surface area contributed by atoms with Crippen LogP contribution < -0.4 is 4.72 Å². The van der Waals surface area contributed by atoms with Gasteiger partial charge in [-0.1, -0.05) is 23.7 Å². The molecule has 2 aliphatic rings. The number of benzene rings is 2. The summed E-state index contributed by atoms with van der Waals surface area (Å²) in [4.78, 5) is 28.2. The van der Waals surface area contributed by atoms with Gasteiger partial charge in [0.25, 0.3) is 0 Å². The van der Waals surface area contributed by atoms with Gasteiger partial charge in [-0.25, -0.2) is 8.42 Å². The minimum atomic E-state index is -4.38. The van der Waals surface area contributed by atoms with E-state index in [0.29, 0.717) is 10.4 Å². The Morgan fingerprint density at radius 1 is 1.11 bits per heavy atom. The van der Waals surface area contributed by atoms with Gasteiger partial charge in [-0.05, 0) is 61.2 Å². The second-order valence-electron chi connectivity index (χ2n) is 8.99. The molecule has 12 heteroatoms. The zero-order valence-electron chi connectivity index (χ0n) is 18.9. The Morgan fingerprint density at radius 2 is 1.80 bits per heavy atom. The van der Waals surface area contributed by atoms with Crippen LogP contribution in [0.3, 0.4) is 0 Å². The average Bonchev–Trinajstić information content (AvgIpc) is 3.16. The minimum Gasteiger partial charge on any atom is -0.340 e. The highest BCUT2D eigenvalue weighted by Crippen LogP contribution is 2.33. The molecule has 0 saturated carbocycles. The molecule has 2 fully saturated rings. The Bertz CT molecular complexity index is 1250. The largest absolute Gasteiger partial charge is 0.393 e. The number of alkyl halides is 3. The summed E-state index contributed by atoms with van der Waals surface area (Å²) < 4.78 is 67.7. The molecular weight excluding hydrogens is 507 g/mol. The van der Waals surface area contributed by atoms with E-state index in [1.807, 2.05) is 0 Å². The van der Waals surface area contributed by atoms with E-state index in [4.69, 9.17) is 11.6 Å². The zero-order chi connectivity index (χ0) is 25.5. The third kappa shape index (κ3) is 5.41. The van der Waals surface area contributed by atoms with Crippen LogP contribution in [0.1, 0.15) is 26.2 Å². The number of nitrogens with one attached hydrogen (secondary N) is 1. The number of amides is 2. The maximum absolute atomic E-state index is 13.1. The number of carbonyl (C=O) groups is 2. The molecule has 2 heterocycles. The van der Waals surface area contributed by atoms with E-state index in [2.05, 4.69) is 4.72 Å². The van der Waals surface area contributed by atoms with Crippen LogP contribution in [0, 0.1) is 5.92 Å². The number of rotatable bonds is 5. The number of fused-ring (bicyclic) bond motifs is 1. The normalized spacial score (nSPS) is 22.6. The van der Waals surface area contributed by atoms with Crippen LogP contribution in [0.15, 0.2) is 41.3 Å². The van der Waals surface area contributed by atoms with E-state index in [1.165, 1.54) is 24.0 Å². The zero-order valence-corrected chi connectivity index (χ0v) is 20.5. The molecule has 2 aliphatic heterocycles. The molecule has 190 valence electrons. The Kier molecular flexibility index (Phi) is 7.05. The summed E-state index contributed by atoms with van der Waals surface area (Å²) in [5, 5.41) is 1.94. The Labute approximate surface area is 206 Å². The number of halogens is 4. The Hall–Kier alpha value is -2.37. The third-order valence-electron chi connectivity index (χ3n) is 6.64. The molecule has 2 aromatic carbocycles. The molecule has 2 aromatic rings. The van der Waals surface area contributed by atoms with Crippen LogP contribution in [-0.4, -0.2) is 67.9 Å². The monoisotopic (exact) mass is 531 g/mol. The summed E-state index contributed by atoms with van der Waals surface area (Å²) in [6, 6.07) is 7.49. The van der Waals surface area contributed by atoms with Crippen molar-refractivity contribution in [3.63, 3.8) is 0 Å². The van der Waals surface area contributed by atoms with E-state index >= 15 is 0 Å². The van der Waals surface area contributed by atoms with Gasteiger partial charge in [0.05, 0.1) is 10.8 Å². The van der Waals surface area contributed by atoms with Crippen molar-refractivity contribution in [1.29, 1.82) is 0 Å². The van der Waals surface area contributed by atoms with Gasteiger partial charge >= 0.3 is 6.18 Å². The molecule has 35 heavy (non-hydrogen) atoms.